The van der Waals surface area contributed by atoms with Crippen molar-refractivity contribution >= 4 is 11.6 Å². The first-order chi connectivity index (χ1) is 15.4. The molecule has 2 atom stereocenters. The van der Waals surface area contributed by atoms with Crippen molar-refractivity contribution < 1.29 is 23.8 Å². The van der Waals surface area contributed by atoms with Gasteiger partial charge in [-0.15, -0.1) is 0 Å². The van der Waals surface area contributed by atoms with Gasteiger partial charge in [0.25, 0.3) is 5.91 Å². The van der Waals surface area contributed by atoms with Crippen LogP contribution in [0.5, 0.6) is 11.5 Å². The van der Waals surface area contributed by atoms with Gasteiger partial charge in [0.05, 0.1) is 37.8 Å². The second kappa shape index (κ2) is 8.88. The van der Waals surface area contributed by atoms with Gasteiger partial charge < -0.3 is 24.8 Å². The van der Waals surface area contributed by atoms with E-state index in [0.29, 0.717) is 35.6 Å². The summed E-state index contributed by atoms with van der Waals surface area (Å²) in [5, 5.41) is 18.5. The summed E-state index contributed by atoms with van der Waals surface area (Å²) < 4.78 is 25.5. The molecular formula is C23H25FN4O4. The smallest absolute Gasteiger partial charge is 0.251 e. The third-order valence-corrected chi connectivity index (χ3v) is 5.68. The molecule has 2 unspecified atom stereocenters. The third kappa shape index (κ3) is 3.99. The van der Waals surface area contributed by atoms with Gasteiger partial charge in [0.1, 0.15) is 5.82 Å². The molecule has 2 aromatic carbocycles. The van der Waals surface area contributed by atoms with Crippen LogP contribution in [0.3, 0.4) is 0 Å². The Bertz CT molecular complexity index is 1120. The number of ether oxygens (including phenoxy) is 2. The van der Waals surface area contributed by atoms with Crippen molar-refractivity contribution in [1.82, 2.24) is 15.1 Å². The molecule has 32 heavy (non-hydrogen) atoms. The summed E-state index contributed by atoms with van der Waals surface area (Å²) in [6, 6.07) is 10.4. The molecule has 0 bridgehead atoms. The van der Waals surface area contributed by atoms with Crippen LogP contribution in [0, 0.1) is 5.82 Å². The Hall–Kier alpha value is -3.59. The van der Waals surface area contributed by atoms with Crippen molar-refractivity contribution in [2.75, 3.05) is 25.7 Å². The van der Waals surface area contributed by atoms with Crippen LogP contribution in [-0.2, 0) is 7.05 Å². The number of aliphatic hydroxyl groups is 1. The number of hydrogen-bond acceptors (Lipinski definition) is 6. The molecule has 2 N–H and O–H groups in total. The quantitative estimate of drug-likeness (QED) is 0.613. The zero-order valence-corrected chi connectivity index (χ0v) is 18.1. The van der Waals surface area contributed by atoms with Crippen molar-refractivity contribution in [2.24, 2.45) is 7.05 Å². The molecular weight excluding hydrogens is 415 g/mol. The summed E-state index contributed by atoms with van der Waals surface area (Å²) in [4.78, 5) is 14.5. The van der Waals surface area contributed by atoms with E-state index in [9.17, 15) is 14.3 Å². The van der Waals surface area contributed by atoms with E-state index >= 15 is 0 Å². The number of benzene rings is 2. The minimum absolute atomic E-state index is 0.295. The standard InChI is InChI=1S/C23H25FN4O4/c1-27-21-17(26-22(29)14-4-7-16(24)8-5-14)10-11-28(18(21)13-25-27)23(30)15-6-9-19(31-2)20(12-15)32-3/h4-9,12-13,17,23,30H,10-11H2,1-3H3,(H,26,29). The van der Waals surface area contributed by atoms with Gasteiger partial charge in [-0.3, -0.25) is 9.48 Å². The highest BCUT2D eigenvalue weighted by atomic mass is 19.1. The Morgan fingerprint density at radius 2 is 1.91 bits per heavy atom. The maximum absolute atomic E-state index is 13.2. The SMILES string of the molecule is COc1ccc(C(O)N2CCC(NC(=O)c3ccc(F)cc3)c3c2cnn3C)cc1OC. The lowest BCUT2D eigenvalue weighted by atomic mass is 10.0. The van der Waals surface area contributed by atoms with Gasteiger partial charge >= 0.3 is 0 Å². The van der Waals surface area contributed by atoms with Crippen LogP contribution in [0.4, 0.5) is 10.1 Å². The number of nitrogens with one attached hydrogen (secondary N) is 1. The number of carbonyl (C=O) groups excluding carboxylic acids is 1. The number of aryl methyl sites for hydroxylation is 1. The van der Waals surface area contributed by atoms with E-state index in [2.05, 4.69) is 10.4 Å². The molecule has 0 aliphatic carbocycles. The molecule has 0 saturated carbocycles. The molecule has 1 aliphatic heterocycles. The summed E-state index contributed by atoms with van der Waals surface area (Å²) in [6.45, 7) is 0.489. The highest BCUT2D eigenvalue weighted by Gasteiger charge is 2.33. The predicted octanol–water partition coefficient (Wildman–Crippen LogP) is 2.95. The second-order valence-corrected chi connectivity index (χ2v) is 7.54. The fourth-order valence-corrected chi connectivity index (χ4v) is 4.02. The first-order valence-corrected chi connectivity index (χ1v) is 10.2. The third-order valence-electron chi connectivity index (χ3n) is 5.68. The summed E-state index contributed by atoms with van der Waals surface area (Å²) in [5.74, 6) is 0.411. The van der Waals surface area contributed by atoms with Gasteiger partial charge in [-0.1, -0.05) is 6.07 Å². The molecule has 168 valence electrons. The zero-order valence-electron chi connectivity index (χ0n) is 18.1. The Morgan fingerprint density at radius 1 is 1.19 bits per heavy atom. The number of anilines is 1. The summed E-state index contributed by atoms with van der Waals surface area (Å²) >= 11 is 0. The van der Waals surface area contributed by atoms with Gasteiger partial charge in [-0.2, -0.15) is 5.10 Å². The largest absolute Gasteiger partial charge is 0.493 e. The summed E-state index contributed by atoms with van der Waals surface area (Å²) in [7, 11) is 4.89. The highest BCUT2D eigenvalue weighted by Crippen LogP contribution is 2.39. The van der Waals surface area contributed by atoms with Crippen molar-refractivity contribution in [3.8, 4) is 11.5 Å². The van der Waals surface area contributed by atoms with E-state index in [-0.39, 0.29) is 11.9 Å². The van der Waals surface area contributed by atoms with Crippen LogP contribution in [-0.4, -0.2) is 41.6 Å². The van der Waals surface area contributed by atoms with Crippen LogP contribution in [0.2, 0.25) is 0 Å². The number of hydrogen-bond donors (Lipinski definition) is 2. The second-order valence-electron chi connectivity index (χ2n) is 7.54. The normalized spacial score (nSPS) is 16.3. The molecule has 3 aromatic rings. The molecule has 9 heteroatoms. The number of halogens is 1. The van der Waals surface area contributed by atoms with Crippen LogP contribution in [0.25, 0.3) is 0 Å². The number of amides is 1. The first kappa shape index (κ1) is 21.6. The van der Waals surface area contributed by atoms with Crippen molar-refractivity contribution in [3.63, 3.8) is 0 Å². The molecule has 1 aromatic heterocycles. The summed E-state index contributed by atoms with van der Waals surface area (Å²) in [5.41, 5.74) is 2.53. The number of aromatic nitrogens is 2. The Kier molecular flexibility index (Phi) is 6.00. The fraction of sp³-hybridized carbons (Fsp3) is 0.304. The van der Waals surface area contributed by atoms with E-state index in [1.165, 1.54) is 24.3 Å². The lowest BCUT2D eigenvalue weighted by Gasteiger charge is -2.37. The van der Waals surface area contributed by atoms with Crippen molar-refractivity contribution in [1.29, 1.82) is 0 Å². The van der Waals surface area contributed by atoms with E-state index in [0.717, 1.165) is 11.4 Å². The molecule has 0 fully saturated rings. The van der Waals surface area contributed by atoms with Gasteiger partial charge in [-0.25, -0.2) is 4.39 Å². The van der Waals surface area contributed by atoms with Gasteiger partial charge in [0, 0.05) is 24.7 Å². The number of methoxy groups -OCH3 is 2. The molecule has 2 heterocycles. The summed E-state index contributed by atoms with van der Waals surface area (Å²) in [6.07, 6.45) is 1.30. The molecule has 0 saturated heterocycles. The lowest BCUT2D eigenvalue weighted by Crippen LogP contribution is -2.40. The van der Waals surface area contributed by atoms with Gasteiger partial charge in [0.2, 0.25) is 0 Å². The van der Waals surface area contributed by atoms with Crippen LogP contribution in [0.1, 0.15) is 40.3 Å². The van der Waals surface area contributed by atoms with Crippen molar-refractivity contribution in [3.05, 3.63) is 71.3 Å². The van der Waals surface area contributed by atoms with Crippen LogP contribution < -0.4 is 19.7 Å². The maximum Gasteiger partial charge on any atom is 0.251 e. The molecule has 1 aliphatic rings. The number of carbonyl (C=O) groups is 1. The van der Waals surface area contributed by atoms with E-state index in [1.54, 1.807) is 50.3 Å². The number of rotatable bonds is 6. The topological polar surface area (TPSA) is 88.9 Å². The minimum Gasteiger partial charge on any atom is -0.493 e. The number of nitrogens with zero attached hydrogens (tertiary/aromatic N) is 3. The highest BCUT2D eigenvalue weighted by molar-refractivity contribution is 5.94. The number of aliphatic hydroxyl groups excluding tert-OH is 1. The number of fused-ring (bicyclic) bond motifs is 1. The monoisotopic (exact) mass is 440 g/mol. The van der Waals surface area contributed by atoms with Crippen LogP contribution in [0.15, 0.2) is 48.7 Å². The molecule has 8 nitrogen and oxygen atoms in total. The molecule has 0 radical (unpaired) electrons. The molecule has 0 spiro atoms. The Balaban J connectivity index is 1.58. The predicted molar refractivity (Wildman–Crippen MR) is 116 cm³/mol. The molecule has 4 rings (SSSR count). The molecule has 1 amide bonds. The van der Waals surface area contributed by atoms with E-state index in [4.69, 9.17) is 9.47 Å². The average Bonchev–Trinajstić information content (AvgIpc) is 3.20. The Morgan fingerprint density at radius 3 is 2.59 bits per heavy atom. The van der Waals surface area contributed by atoms with Gasteiger partial charge in [0.15, 0.2) is 17.7 Å². The van der Waals surface area contributed by atoms with E-state index in [1.807, 2.05) is 4.90 Å². The van der Waals surface area contributed by atoms with Crippen molar-refractivity contribution in [2.45, 2.75) is 18.7 Å². The maximum atomic E-state index is 13.2. The lowest BCUT2D eigenvalue weighted by molar-refractivity contribution is 0.0930. The first-order valence-electron chi connectivity index (χ1n) is 10.2. The van der Waals surface area contributed by atoms with Crippen LogP contribution >= 0.6 is 0 Å². The average molecular weight is 440 g/mol. The minimum atomic E-state index is -0.938. The van der Waals surface area contributed by atoms with Gasteiger partial charge in [-0.05, 0) is 42.8 Å². The fourth-order valence-electron chi connectivity index (χ4n) is 4.02. The Labute approximate surface area is 185 Å². The van der Waals surface area contributed by atoms with E-state index < -0.39 is 12.0 Å². The zero-order chi connectivity index (χ0) is 22.8.